The van der Waals surface area contributed by atoms with Gasteiger partial charge >= 0.3 is 11.9 Å². The molecule has 1 N–H and O–H groups in total. The van der Waals surface area contributed by atoms with E-state index in [4.69, 9.17) is 18.9 Å². The summed E-state index contributed by atoms with van der Waals surface area (Å²) in [6.45, 7) is 7.35. The molecule has 0 aromatic heterocycles. The maximum atomic E-state index is 11.6. The third-order valence-corrected chi connectivity index (χ3v) is 7.01. The Morgan fingerprint density at radius 1 is 1.35 bits per heavy atom. The van der Waals surface area contributed by atoms with Crippen molar-refractivity contribution >= 4 is 11.9 Å². The van der Waals surface area contributed by atoms with Crippen molar-refractivity contribution in [2.45, 2.75) is 70.6 Å². The van der Waals surface area contributed by atoms with E-state index in [2.05, 4.69) is 0 Å². The first-order valence-corrected chi connectivity index (χ1v) is 9.11. The molecule has 0 amide bonds. The van der Waals surface area contributed by atoms with Crippen LogP contribution in [0.3, 0.4) is 0 Å². The van der Waals surface area contributed by atoms with Crippen LogP contribution in [0.1, 0.15) is 47.0 Å². The van der Waals surface area contributed by atoms with Gasteiger partial charge in [0.1, 0.15) is 12.2 Å². The molecule has 7 nitrogen and oxygen atoms in total. The van der Waals surface area contributed by atoms with Gasteiger partial charge in [0.05, 0.1) is 12.7 Å². The summed E-state index contributed by atoms with van der Waals surface area (Å²) in [6.07, 6.45) is 2.73. The number of hydrogen-bond donors (Lipinski definition) is 1. The van der Waals surface area contributed by atoms with Gasteiger partial charge in [0, 0.05) is 31.1 Å². The third-order valence-electron chi connectivity index (χ3n) is 7.01. The second-order valence-corrected chi connectivity index (χ2v) is 8.51. The first-order valence-electron chi connectivity index (χ1n) is 9.11. The van der Waals surface area contributed by atoms with E-state index in [0.29, 0.717) is 6.61 Å². The average molecular weight is 366 g/mol. The molecule has 0 unspecified atom stereocenters. The van der Waals surface area contributed by atoms with Crippen molar-refractivity contribution in [1.29, 1.82) is 0 Å². The molecule has 4 aliphatic rings. The van der Waals surface area contributed by atoms with Crippen LogP contribution in [0, 0.1) is 10.8 Å². The number of hydrogen-bond acceptors (Lipinski definition) is 7. The fourth-order valence-electron chi connectivity index (χ4n) is 5.62. The largest absolute Gasteiger partial charge is 0.465 e. The Labute approximate surface area is 152 Å². The molecule has 2 heterocycles. The molecule has 1 saturated carbocycles. The van der Waals surface area contributed by atoms with Gasteiger partial charge in [0.2, 0.25) is 5.79 Å². The molecule has 26 heavy (non-hydrogen) atoms. The molecule has 2 aliphatic heterocycles. The molecule has 3 fully saturated rings. The van der Waals surface area contributed by atoms with Crippen molar-refractivity contribution in [2.24, 2.45) is 10.8 Å². The lowest BCUT2D eigenvalue weighted by molar-refractivity contribution is -0.270. The van der Waals surface area contributed by atoms with E-state index in [1.807, 2.05) is 19.9 Å². The van der Waals surface area contributed by atoms with Gasteiger partial charge in [-0.1, -0.05) is 18.6 Å². The Hall–Kier alpha value is -1.44. The Bertz CT molecular complexity index is 696. The van der Waals surface area contributed by atoms with Crippen LogP contribution in [0.2, 0.25) is 0 Å². The fraction of sp³-hybridized carbons (Fsp3) is 0.789. The summed E-state index contributed by atoms with van der Waals surface area (Å²) in [4.78, 5) is 23.2. The number of carbonyl (C=O) groups is 2. The zero-order chi connectivity index (χ0) is 19.0. The van der Waals surface area contributed by atoms with Crippen molar-refractivity contribution < 1.29 is 33.6 Å². The fourth-order valence-corrected chi connectivity index (χ4v) is 5.62. The quantitative estimate of drug-likeness (QED) is 0.350. The smallest absolute Gasteiger partial charge is 0.305 e. The summed E-state index contributed by atoms with van der Waals surface area (Å²) in [5.41, 5.74) is -0.646. The van der Waals surface area contributed by atoms with Crippen LogP contribution >= 0.6 is 0 Å². The summed E-state index contributed by atoms with van der Waals surface area (Å²) >= 11 is 0. The molecular formula is C19H26O7. The molecule has 0 aromatic carbocycles. The van der Waals surface area contributed by atoms with Gasteiger partial charge in [-0.2, -0.15) is 0 Å². The van der Waals surface area contributed by atoms with Crippen LogP contribution in [-0.2, 0) is 28.5 Å². The number of carbonyl (C=O) groups excluding carboxylic acids is 2. The molecule has 4 rings (SSSR count). The Balaban J connectivity index is 1.82. The van der Waals surface area contributed by atoms with E-state index < -0.39 is 34.3 Å². The van der Waals surface area contributed by atoms with Gasteiger partial charge in [-0.05, 0) is 19.8 Å². The normalized spacial score (nSPS) is 48.6. The highest BCUT2D eigenvalue weighted by atomic mass is 16.7. The summed E-state index contributed by atoms with van der Waals surface area (Å²) in [5.74, 6) is -2.67. The lowest BCUT2D eigenvalue weighted by atomic mass is 9.52. The highest BCUT2D eigenvalue weighted by molar-refractivity contribution is 5.67. The van der Waals surface area contributed by atoms with E-state index >= 15 is 0 Å². The third kappa shape index (κ3) is 2.11. The van der Waals surface area contributed by atoms with Crippen molar-refractivity contribution in [2.75, 3.05) is 13.2 Å². The van der Waals surface area contributed by atoms with E-state index in [1.54, 1.807) is 0 Å². The van der Waals surface area contributed by atoms with Gasteiger partial charge in [-0.15, -0.1) is 0 Å². The van der Waals surface area contributed by atoms with Gasteiger partial charge < -0.3 is 24.1 Å². The second-order valence-electron chi connectivity index (χ2n) is 8.51. The van der Waals surface area contributed by atoms with Crippen molar-refractivity contribution in [3.63, 3.8) is 0 Å². The minimum Gasteiger partial charge on any atom is -0.465 e. The van der Waals surface area contributed by atoms with E-state index in [9.17, 15) is 14.7 Å². The Morgan fingerprint density at radius 2 is 2.04 bits per heavy atom. The van der Waals surface area contributed by atoms with Crippen LogP contribution in [0.5, 0.6) is 0 Å². The topological polar surface area (TPSA) is 94.6 Å². The van der Waals surface area contributed by atoms with Crippen LogP contribution in [-0.4, -0.2) is 53.9 Å². The number of aliphatic hydroxyl groups is 1. The summed E-state index contributed by atoms with van der Waals surface area (Å²) in [7, 11) is 0. The maximum Gasteiger partial charge on any atom is 0.305 e. The first-order chi connectivity index (χ1) is 12.1. The van der Waals surface area contributed by atoms with Gasteiger partial charge in [-0.25, -0.2) is 0 Å². The van der Waals surface area contributed by atoms with Gasteiger partial charge in [-0.3, -0.25) is 9.59 Å². The first kappa shape index (κ1) is 17.9. The summed E-state index contributed by atoms with van der Waals surface area (Å²) in [6, 6.07) is 0. The van der Waals surface area contributed by atoms with Crippen LogP contribution in [0.4, 0.5) is 0 Å². The number of rotatable bonds is 3. The molecule has 144 valence electrons. The van der Waals surface area contributed by atoms with Crippen molar-refractivity contribution in [1.82, 2.24) is 0 Å². The van der Waals surface area contributed by atoms with Crippen LogP contribution < -0.4 is 0 Å². The van der Waals surface area contributed by atoms with E-state index in [0.717, 1.165) is 12.8 Å². The lowest BCUT2D eigenvalue weighted by Gasteiger charge is -2.57. The highest BCUT2D eigenvalue weighted by Crippen LogP contribution is 2.73. The van der Waals surface area contributed by atoms with Crippen molar-refractivity contribution in [3.05, 3.63) is 11.6 Å². The SMILES string of the molecule is CC(=O)OC[C@]12CCC(C)=C[C@H]1O[C@H]1[C@@]3(CO3)[C@]2(C)C[C@]1(O)OC(C)=O. The number of esters is 2. The Kier molecular flexibility index (Phi) is 3.66. The number of fused-ring (bicyclic) bond motifs is 2. The van der Waals surface area contributed by atoms with Crippen LogP contribution in [0.25, 0.3) is 0 Å². The molecule has 2 saturated heterocycles. The number of ether oxygens (including phenoxy) is 4. The molecule has 1 spiro atoms. The van der Waals surface area contributed by atoms with E-state index in [1.165, 1.54) is 19.4 Å². The van der Waals surface area contributed by atoms with Gasteiger partial charge in [0.15, 0.2) is 6.10 Å². The number of epoxide rings is 1. The number of allylic oxidation sites excluding steroid dienone is 1. The van der Waals surface area contributed by atoms with Crippen molar-refractivity contribution in [3.8, 4) is 0 Å². The molecule has 0 radical (unpaired) electrons. The lowest BCUT2D eigenvalue weighted by Crippen LogP contribution is -2.65. The summed E-state index contributed by atoms with van der Waals surface area (Å²) in [5, 5.41) is 11.2. The molecule has 7 heteroatoms. The average Bonchev–Trinajstić information content (AvgIpc) is 3.28. The maximum absolute atomic E-state index is 11.6. The minimum absolute atomic E-state index is 0.182. The molecule has 6 atom stereocenters. The standard InChI is InChI=1S/C19H26O7/c1-11-5-6-17(9-23-12(2)20)14(7-11)25-15-18(10-24-18)16(17,4)8-19(15,22)26-13(3)21/h7,14-15,22H,5-6,8-10H2,1-4H3/t14-,15+,16-,17-,18+,19+/m1/s1. The highest BCUT2D eigenvalue weighted by Gasteiger charge is 2.85. The monoisotopic (exact) mass is 366 g/mol. The minimum atomic E-state index is -1.75. The predicted octanol–water partition coefficient (Wildman–Crippen LogP) is 1.47. The van der Waals surface area contributed by atoms with Gasteiger partial charge in [0.25, 0.3) is 0 Å². The predicted molar refractivity (Wildman–Crippen MR) is 88.8 cm³/mol. The molecule has 2 bridgehead atoms. The second kappa shape index (κ2) is 5.30. The zero-order valence-electron chi connectivity index (χ0n) is 15.7. The molecule has 2 aliphatic carbocycles. The zero-order valence-corrected chi connectivity index (χ0v) is 15.7. The van der Waals surface area contributed by atoms with E-state index in [-0.39, 0.29) is 25.1 Å². The Morgan fingerprint density at radius 3 is 2.62 bits per heavy atom. The van der Waals surface area contributed by atoms with Crippen LogP contribution in [0.15, 0.2) is 11.6 Å². The summed E-state index contributed by atoms with van der Waals surface area (Å²) < 4.78 is 23.0. The molecule has 0 aromatic rings. The molecular weight excluding hydrogens is 340 g/mol.